The molecule has 3 N–H and O–H groups in total. The van der Waals surface area contributed by atoms with Crippen molar-refractivity contribution in [2.45, 2.75) is 140 Å². The van der Waals surface area contributed by atoms with Gasteiger partial charge < -0.3 is 29.7 Å². The molecule has 0 spiro atoms. The van der Waals surface area contributed by atoms with Gasteiger partial charge in [-0.05, 0) is 92.2 Å². The number of benzene rings is 1. The number of nitrogens with zero attached hydrogens (tertiary/aromatic N) is 2. The van der Waals surface area contributed by atoms with E-state index >= 15 is 4.39 Å². The highest BCUT2D eigenvalue weighted by Gasteiger charge is 2.62. The quantitative estimate of drug-likeness (QED) is 0.303. The van der Waals surface area contributed by atoms with Gasteiger partial charge in [-0.3, -0.25) is 19.1 Å². The Kier molecular flexibility index (Phi) is 11.5. The summed E-state index contributed by atoms with van der Waals surface area (Å²) < 4.78 is 62.2. The number of rotatable bonds is 8. The van der Waals surface area contributed by atoms with Gasteiger partial charge in [0, 0.05) is 23.8 Å². The molecule has 1 aromatic carbocycles. The molecule has 6 rings (SSSR count). The lowest BCUT2D eigenvalue weighted by molar-refractivity contribution is -0.141. The van der Waals surface area contributed by atoms with Gasteiger partial charge in [0.1, 0.15) is 51.6 Å². The van der Waals surface area contributed by atoms with Crippen molar-refractivity contribution in [3.05, 3.63) is 42.0 Å². The summed E-state index contributed by atoms with van der Waals surface area (Å²) >= 11 is 0. The Hall–Kier alpha value is -4.34. The number of halogens is 2. The van der Waals surface area contributed by atoms with Crippen molar-refractivity contribution in [2.75, 3.05) is 6.54 Å². The molecule has 16 heteroatoms. The smallest absolute Gasteiger partial charge is 0.408 e. The minimum atomic E-state index is -1.66. The molecule has 3 fully saturated rings. The number of amides is 4. The van der Waals surface area contributed by atoms with E-state index in [0.717, 1.165) is 18.9 Å². The van der Waals surface area contributed by atoms with Crippen LogP contribution in [0, 0.1) is 17.6 Å². The van der Waals surface area contributed by atoms with Crippen LogP contribution < -0.4 is 24.8 Å². The molecule has 0 bridgehead atoms. The number of carbonyl (C=O) groups excluding carboxylic acids is 4. The molecule has 55 heavy (non-hydrogen) atoms. The number of nitrogens with one attached hydrogen (secondary N) is 3. The number of hydrogen-bond donors (Lipinski definition) is 3. The summed E-state index contributed by atoms with van der Waals surface area (Å²) in [6.07, 6.45) is 6.65. The van der Waals surface area contributed by atoms with Crippen LogP contribution >= 0.6 is 0 Å². The highest BCUT2D eigenvalue weighted by atomic mass is 32.2. The molecule has 2 saturated carbocycles. The number of pyridine rings is 1. The van der Waals surface area contributed by atoms with Gasteiger partial charge in [-0.1, -0.05) is 25.0 Å². The number of alkyl carbamates (subject to hydrolysis) is 1. The van der Waals surface area contributed by atoms with Crippen LogP contribution in [0.25, 0.3) is 10.9 Å². The third kappa shape index (κ3) is 9.21. The van der Waals surface area contributed by atoms with Crippen LogP contribution in [0.5, 0.6) is 11.6 Å². The van der Waals surface area contributed by atoms with Crippen molar-refractivity contribution in [2.24, 2.45) is 5.92 Å². The second-order valence-corrected chi connectivity index (χ2v) is 18.3. The van der Waals surface area contributed by atoms with Crippen LogP contribution in [0.2, 0.25) is 0 Å². The van der Waals surface area contributed by atoms with Crippen molar-refractivity contribution < 1.29 is 46.4 Å². The summed E-state index contributed by atoms with van der Waals surface area (Å²) in [5, 5.41) is 5.80. The monoisotopic (exact) mass is 787 g/mol. The summed E-state index contributed by atoms with van der Waals surface area (Å²) in [6, 6.07) is 1.52. The number of carbonyl (C=O) groups is 4. The van der Waals surface area contributed by atoms with Crippen LogP contribution in [0.4, 0.5) is 13.6 Å². The van der Waals surface area contributed by atoms with Crippen LogP contribution in [-0.2, 0) is 30.1 Å². The zero-order valence-electron chi connectivity index (χ0n) is 32.2. The summed E-state index contributed by atoms with van der Waals surface area (Å²) in [4.78, 5) is 61.3. The van der Waals surface area contributed by atoms with Crippen molar-refractivity contribution in [1.29, 1.82) is 0 Å². The zero-order chi connectivity index (χ0) is 39.9. The Labute approximate surface area is 322 Å². The van der Waals surface area contributed by atoms with Crippen molar-refractivity contribution in [1.82, 2.24) is 25.2 Å². The second-order valence-electron chi connectivity index (χ2n) is 16.6. The zero-order valence-corrected chi connectivity index (χ0v) is 33.0. The van der Waals surface area contributed by atoms with E-state index in [-0.39, 0.29) is 60.4 Å². The lowest BCUT2D eigenvalue weighted by Crippen LogP contribution is -2.58. The van der Waals surface area contributed by atoms with E-state index in [9.17, 15) is 27.8 Å². The maximum Gasteiger partial charge on any atom is 0.408 e. The van der Waals surface area contributed by atoms with E-state index in [1.165, 1.54) is 17.0 Å². The predicted octanol–water partition coefficient (Wildman–Crippen LogP) is 5.27. The third-order valence-electron chi connectivity index (χ3n) is 10.4. The van der Waals surface area contributed by atoms with Crippen molar-refractivity contribution >= 4 is 45.7 Å². The second kappa shape index (κ2) is 15.7. The normalized spacial score (nSPS) is 27.8. The Morgan fingerprint density at radius 1 is 1.13 bits per heavy atom. The molecule has 2 aromatic rings. The molecule has 1 unspecified atom stereocenters. The molecule has 13 nitrogen and oxygen atoms in total. The molecule has 4 aliphatic rings. The average molecular weight is 788 g/mol. The van der Waals surface area contributed by atoms with E-state index in [1.54, 1.807) is 34.6 Å². The Bertz CT molecular complexity index is 1900. The Morgan fingerprint density at radius 3 is 2.56 bits per heavy atom. The SMILES string of the molecule is CC(C)Oc1cc(O[C@@H]2C[C@H]3C(=O)N[C@]4(C(=O)NS(=O)C5(C)CC5)C[C@H]4/C=C\CCCCC[C@H](NC(=O)OC(C)(C)C)C(=O)N3C2)c2ccc(F)c(F)c2n1. The van der Waals surface area contributed by atoms with Crippen LogP contribution in [0.15, 0.2) is 30.4 Å². The number of fused-ring (bicyclic) bond motifs is 3. The molecule has 6 atom stereocenters. The van der Waals surface area contributed by atoms with Crippen molar-refractivity contribution in [3.8, 4) is 11.6 Å². The van der Waals surface area contributed by atoms with Crippen molar-refractivity contribution in [3.63, 3.8) is 0 Å². The van der Waals surface area contributed by atoms with E-state index in [1.807, 2.05) is 19.1 Å². The third-order valence-corrected chi connectivity index (χ3v) is 12.1. The van der Waals surface area contributed by atoms with E-state index < -0.39 is 80.5 Å². The number of aromatic nitrogens is 1. The van der Waals surface area contributed by atoms with Gasteiger partial charge in [-0.15, -0.1) is 0 Å². The topological polar surface area (TPSA) is 165 Å². The maximum absolute atomic E-state index is 15.1. The minimum Gasteiger partial charge on any atom is -0.488 e. The highest BCUT2D eigenvalue weighted by molar-refractivity contribution is 7.85. The molecule has 1 saturated heterocycles. The minimum absolute atomic E-state index is 0.0106. The number of hydrogen-bond acceptors (Lipinski definition) is 9. The molecular weight excluding hydrogens is 737 g/mol. The van der Waals surface area contributed by atoms with Gasteiger partial charge in [0.25, 0.3) is 5.91 Å². The van der Waals surface area contributed by atoms with E-state index in [2.05, 4.69) is 20.3 Å². The first kappa shape index (κ1) is 40.3. The first-order valence-corrected chi connectivity index (χ1v) is 20.2. The molecule has 1 aromatic heterocycles. The van der Waals surface area contributed by atoms with Crippen LogP contribution in [0.3, 0.4) is 0 Å². The summed E-state index contributed by atoms with van der Waals surface area (Å²) in [5.74, 6) is -4.30. The standard InChI is InChI=1S/C39H51F2N5O8S/c1-22(2)52-30-19-29(25-14-15-26(40)31(41)32(25)43-30)53-24-18-28-33(47)44-39(35(49)45-55(51)38(6)16-17-38)20-23(39)12-10-8-7-9-11-13-27(34(48)46(28)21-24)42-36(50)54-37(3,4)5/h10,12,14-15,19,22-24,27-28H,7-9,11,13,16-18,20-21H2,1-6H3,(H,42,50)(H,44,47)(H,45,49)/b12-10-/t23-,24-,27+,28+,39-,55?/m1/s1. The molecule has 4 amide bonds. The van der Waals surface area contributed by atoms with Gasteiger partial charge in [0.05, 0.1) is 17.4 Å². The van der Waals surface area contributed by atoms with Gasteiger partial charge in [-0.2, -0.15) is 0 Å². The lowest BCUT2D eigenvalue weighted by atomic mass is 10.0. The lowest BCUT2D eigenvalue weighted by Gasteiger charge is -2.30. The van der Waals surface area contributed by atoms with E-state index in [0.29, 0.717) is 25.7 Å². The summed E-state index contributed by atoms with van der Waals surface area (Å²) in [5.41, 5.74) is -2.53. The number of allylic oxidation sites excluding steroid dienone is 1. The fraction of sp³-hybridized carbons (Fsp3) is 0.615. The molecule has 2 aliphatic heterocycles. The average Bonchev–Trinajstić information content (AvgIpc) is 3.97. The van der Waals surface area contributed by atoms with Crippen LogP contribution in [-0.4, -0.2) is 84.6 Å². The fourth-order valence-electron chi connectivity index (χ4n) is 7.03. The molecule has 2 aliphatic carbocycles. The maximum atomic E-state index is 15.1. The highest BCUT2D eigenvalue weighted by Crippen LogP contribution is 2.47. The van der Waals surface area contributed by atoms with Crippen LogP contribution in [0.1, 0.15) is 99.3 Å². The molecule has 300 valence electrons. The Morgan fingerprint density at radius 2 is 1.87 bits per heavy atom. The van der Waals surface area contributed by atoms with Gasteiger partial charge in [-0.25, -0.2) is 22.8 Å². The molecular formula is C39H51F2N5O8S. The van der Waals surface area contributed by atoms with Gasteiger partial charge >= 0.3 is 6.09 Å². The molecule has 0 radical (unpaired) electrons. The fourth-order valence-corrected chi connectivity index (χ4v) is 8.10. The van der Waals surface area contributed by atoms with Gasteiger partial charge in [0.15, 0.2) is 11.6 Å². The Balaban J connectivity index is 1.34. The predicted molar refractivity (Wildman–Crippen MR) is 200 cm³/mol. The first-order chi connectivity index (χ1) is 25.9. The van der Waals surface area contributed by atoms with E-state index in [4.69, 9.17) is 14.2 Å². The first-order valence-electron chi connectivity index (χ1n) is 19.0. The summed E-state index contributed by atoms with van der Waals surface area (Å²) in [6.45, 7) is 10.3. The summed E-state index contributed by atoms with van der Waals surface area (Å²) in [7, 11) is -1.66. The largest absolute Gasteiger partial charge is 0.488 e. The number of ether oxygens (including phenoxy) is 3. The molecule has 3 heterocycles. The van der Waals surface area contributed by atoms with Gasteiger partial charge in [0.2, 0.25) is 17.7 Å².